The smallest absolute Gasteiger partial charge is 0.270 e. The summed E-state index contributed by atoms with van der Waals surface area (Å²) in [5.74, 6) is -4.46. The molecule has 0 saturated carbocycles. The molecule has 0 spiro atoms. The molecule has 3 rings (SSSR count). The van der Waals surface area contributed by atoms with Gasteiger partial charge in [0, 0.05) is 17.9 Å². The molecule has 0 saturated heterocycles. The number of amidine groups is 1. The first-order valence-corrected chi connectivity index (χ1v) is 9.51. The summed E-state index contributed by atoms with van der Waals surface area (Å²) in [6, 6.07) is 4.00. The minimum Gasteiger partial charge on any atom is -0.322 e. The zero-order chi connectivity index (χ0) is 21.0. The molecule has 152 valence electrons. The van der Waals surface area contributed by atoms with Crippen molar-refractivity contribution >= 4 is 40.3 Å². The van der Waals surface area contributed by atoms with Crippen molar-refractivity contribution in [3.05, 3.63) is 30.2 Å². The molecule has 1 aromatic heterocycles. The number of aromatic amines is 1. The third kappa shape index (κ3) is 5.03. The number of hydrogen-bond donors (Lipinski definition) is 3. The van der Waals surface area contributed by atoms with Gasteiger partial charge < -0.3 is 15.5 Å². The number of hydrogen-bond acceptors (Lipinski definition) is 7. The molecule has 10 nitrogen and oxygen atoms in total. The number of carbonyl (C=O) groups excluding carboxylic acids is 3. The number of carbonyl (C=O) groups is 3. The highest BCUT2D eigenvalue weighted by Crippen LogP contribution is 2.23. The number of halogens is 1. The lowest BCUT2D eigenvalue weighted by Gasteiger charge is -2.20. The van der Waals surface area contributed by atoms with Crippen LogP contribution in [0.5, 0.6) is 0 Å². The first-order chi connectivity index (χ1) is 13.8. The molecule has 2 heterocycles. The van der Waals surface area contributed by atoms with Gasteiger partial charge in [-0.1, -0.05) is 17.8 Å². The topological polar surface area (TPSA) is 132 Å². The molecule has 0 aliphatic carbocycles. The van der Waals surface area contributed by atoms with Crippen molar-refractivity contribution in [2.45, 2.75) is 0 Å². The van der Waals surface area contributed by atoms with Crippen LogP contribution in [0.15, 0.2) is 29.4 Å². The Bertz CT molecular complexity index is 962. The lowest BCUT2D eigenvalue weighted by atomic mass is 10.1. The van der Waals surface area contributed by atoms with Gasteiger partial charge in [-0.2, -0.15) is 20.4 Å². The summed E-state index contributed by atoms with van der Waals surface area (Å²) in [5.41, 5.74) is 0.708. The number of nitrogens with zero attached hydrogens (tertiary/aromatic N) is 4. The van der Waals surface area contributed by atoms with Gasteiger partial charge >= 0.3 is 0 Å². The monoisotopic (exact) mass is 419 g/mol. The summed E-state index contributed by atoms with van der Waals surface area (Å²) in [6.07, 6.45) is 1.42. The molecule has 12 heteroatoms. The van der Waals surface area contributed by atoms with Gasteiger partial charge in [0.25, 0.3) is 5.91 Å². The van der Waals surface area contributed by atoms with E-state index >= 15 is 0 Å². The quantitative estimate of drug-likeness (QED) is 0.580. The number of thioether (sulfide) groups is 1. The second kappa shape index (κ2) is 8.92. The van der Waals surface area contributed by atoms with Crippen LogP contribution < -0.4 is 10.6 Å². The fraction of sp³-hybridized carbons (Fsp3) is 0.294. The van der Waals surface area contributed by atoms with Crippen molar-refractivity contribution in [2.24, 2.45) is 10.9 Å². The number of H-pyrrole nitrogens is 1. The zero-order valence-corrected chi connectivity index (χ0v) is 16.4. The summed E-state index contributed by atoms with van der Waals surface area (Å²) in [7, 11) is 3.79. The van der Waals surface area contributed by atoms with E-state index in [0.717, 1.165) is 12.6 Å². The largest absolute Gasteiger partial charge is 0.322 e. The molecule has 1 aliphatic heterocycles. The SMILES string of the molecule is CN(C)CCSC1=NC(=O)C(C(=O)Nc2ccc(-c3cn[nH]n3)cc2F)C(=O)N1. The van der Waals surface area contributed by atoms with E-state index in [1.54, 1.807) is 0 Å². The minimum absolute atomic E-state index is 0.147. The maximum Gasteiger partial charge on any atom is 0.270 e. The summed E-state index contributed by atoms with van der Waals surface area (Å²) < 4.78 is 14.3. The average Bonchev–Trinajstić information content (AvgIpc) is 3.17. The molecule has 29 heavy (non-hydrogen) atoms. The highest BCUT2D eigenvalue weighted by atomic mass is 32.2. The van der Waals surface area contributed by atoms with Crippen molar-refractivity contribution in [3.63, 3.8) is 0 Å². The van der Waals surface area contributed by atoms with Crippen LogP contribution in [0.25, 0.3) is 11.3 Å². The molecule has 1 aromatic carbocycles. The molecule has 1 atom stereocenters. The Kier molecular flexibility index (Phi) is 6.34. The van der Waals surface area contributed by atoms with Gasteiger partial charge in [0.2, 0.25) is 11.8 Å². The van der Waals surface area contributed by atoms with Gasteiger partial charge in [-0.15, -0.1) is 0 Å². The first kappa shape index (κ1) is 20.6. The van der Waals surface area contributed by atoms with Crippen LogP contribution >= 0.6 is 11.8 Å². The third-order valence-corrected chi connectivity index (χ3v) is 4.78. The van der Waals surface area contributed by atoms with Crippen LogP contribution in [0, 0.1) is 11.7 Å². The number of amides is 3. The van der Waals surface area contributed by atoms with Crippen LogP contribution in [0.4, 0.5) is 10.1 Å². The molecular formula is C17H18FN7O3S. The van der Waals surface area contributed by atoms with Crippen LogP contribution in [0.2, 0.25) is 0 Å². The van der Waals surface area contributed by atoms with Crippen LogP contribution in [0.1, 0.15) is 0 Å². The van der Waals surface area contributed by atoms with E-state index in [-0.39, 0.29) is 10.9 Å². The zero-order valence-electron chi connectivity index (χ0n) is 15.6. The summed E-state index contributed by atoms with van der Waals surface area (Å²) >= 11 is 1.20. The van der Waals surface area contributed by atoms with Crippen LogP contribution in [0.3, 0.4) is 0 Å². The van der Waals surface area contributed by atoms with Crippen LogP contribution in [-0.2, 0) is 14.4 Å². The van der Waals surface area contributed by atoms with E-state index in [9.17, 15) is 18.8 Å². The van der Waals surface area contributed by atoms with Gasteiger partial charge in [-0.25, -0.2) is 4.39 Å². The number of aliphatic imine (C=N–C) groups is 1. The number of anilines is 1. The fourth-order valence-corrected chi connectivity index (χ4v) is 3.41. The Morgan fingerprint density at radius 2 is 2.14 bits per heavy atom. The van der Waals surface area contributed by atoms with Gasteiger partial charge in [0.1, 0.15) is 11.5 Å². The fourth-order valence-electron chi connectivity index (χ4n) is 2.43. The molecule has 0 fully saturated rings. The van der Waals surface area contributed by atoms with Crippen molar-refractivity contribution in [1.29, 1.82) is 0 Å². The molecule has 0 radical (unpaired) electrons. The highest BCUT2D eigenvalue weighted by Gasteiger charge is 2.38. The van der Waals surface area contributed by atoms with Gasteiger partial charge in [0.05, 0.1) is 11.9 Å². The van der Waals surface area contributed by atoms with E-state index in [4.69, 9.17) is 0 Å². The number of benzene rings is 1. The molecule has 3 N–H and O–H groups in total. The summed E-state index contributed by atoms with van der Waals surface area (Å²) in [6.45, 7) is 0.723. The number of rotatable bonds is 6. The molecule has 2 aromatic rings. The maximum atomic E-state index is 14.3. The summed E-state index contributed by atoms with van der Waals surface area (Å²) in [5, 5.41) is 14.8. The predicted octanol–water partition coefficient (Wildman–Crippen LogP) is 0.473. The maximum absolute atomic E-state index is 14.3. The summed E-state index contributed by atoms with van der Waals surface area (Å²) in [4.78, 5) is 42.5. The Labute approximate surface area is 169 Å². The van der Waals surface area contributed by atoms with Crippen LogP contribution in [-0.4, -0.2) is 69.6 Å². The number of nitrogens with one attached hydrogen (secondary N) is 3. The first-order valence-electron chi connectivity index (χ1n) is 8.52. The average molecular weight is 419 g/mol. The lowest BCUT2D eigenvalue weighted by molar-refractivity contribution is -0.139. The molecule has 1 aliphatic rings. The lowest BCUT2D eigenvalue weighted by Crippen LogP contribution is -2.48. The normalized spacial score (nSPS) is 16.6. The van der Waals surface area contributed by atoms with E-state index < -0.39 is 29.5 Å². The predicted molar refractivity (Wildman–Crippen MR) is 105 cm³/mol. The van der Waals surface area contributed by atoms with Crippen molar-refractivity contribution in [2.75, 3.05) is 31.7 Å². The standard InChI is InChI=1S/C17H18FN7O3S/c1-25(2)5-6-29-17-21-15(27)13(16(28)22-17)14(26)20-11-4-3-9(7-10(11)18)12-8-19-24-23-12/h3-4,7-8,13H,5-6H2,1-2H3,(H,20,26)(H,19,23,24)(H,21,22,27,28). The second-order valence-electron chi connectivity index (χ2n) is 6.37. The van der Waals surface area contributed by atoms with Gasteiger partial charge in [-0.05, 0) is 26.2 Å². The second-order valence-corrected chi connectivity index (χ2v) is 7.45. The van der Waals surface area contributed by atoms with E-state index in [1.807, 2.05) is 19.0 Å². The Hall–Kier alpha value is -3.12. The Balaban J connectivity index is 1.67. The minimum atomic E-state index is -1.68. The molecule has 1 unspecified atom stereocenters. The van der Waals surface area contributed by atoms with Crippen molar-refractivity contribution in [1.82, 2.24) is 25.6 Å². The Morgan fingerprint density at radius 3 is 2.76 bits per heavy atom. The van der Waals surface area contributed by atoms with Gasteiger partial charge in [0.15, 0.2) is 11.1 Å². The molecule has 0 bridgehead atoms. The van der Waals surface area contributed by atoms with Crippen molar-refractivity contribution < 1.29 is 18.8 Å². The van der Waals surface area contributed by atoms with Gasteiger partial charge in [-0.3, -0.25) is 14.4 Å². The molecule has 3 amide bonds. The third-order valence-electron chi connectivity index (χ3n) is 3.93. The number of aromatic nitrogens is 3. The van der Waals surface area contributed by atoms with E-state index in [2.05, 4.69) is 31.0 Å². The highest BCUT2D eigenvalue weighted by molar-refractivity contribution is 8.13. The van der Waals surface area contributed by atoms with E-state index in [1.165, 1.54) is 30.1 Å². The van der Waals surface area contributed by atoms with E-state index in [0.29, 0.717) is 17.0 Å². The Morgan fingerprint density at radius 1 is 1.34 bits per heavy atom. The molecular weight excluding hydrogens is 401 g/mol. The van der Waals surface area contributed by atoms with Crippen molar-refractivity contribution in [3.8, 4) is 11.3 Å².